The monoisotopic (exact) mass is 390 g/mol. The lowest BCUT2D eigenvalue weighted by atomic mass is 9.87. The molecule has 0 aromatic carbocycles. The van der Waals surface area contributed by atoms with Crippen molar-refractivity contribution in [3.05, 3.63) is 0 Å². The molecule has 27 heavy (non-hydrogen) atoms. The number of carbonyl (C=O) groups is 3. The molecule has 0 radical (unpaired) electrons. The van der Waals surface area contributed by atoms with Crippen LogP contribution in [-0.4, -0.2) is 36.4 Å². The third kappa shape index (κ3) is 10.6. The number of esters is 1. The van der Waals surface area contributed by atoms with E-state index in [-0.39, 0.29) is 58.8 Å². The fourth-order valence-electron chi connectivity index (χ4n) is 2.46. The van der Waals surface area contributed by atoms with Gasteiger partial charge in [0.2, 0.25) is 0 Å². The zero-order valence-corrected chi connectivity index (χ0v) is 15.2. The van der Waals surface area contributed by atoms with Crippen molar-refractivity contribution in [3.63, 3.8) is 0 Å². The minimum atomic E-state index is -0.488. The van der Waals surface area contributed by atoms with Crippen molar-refractivity contribution in [2.45, 2.75) is 109 Å². The van der Waals surface area contributed by atoms with Crippen molar-refractivity contribution in [2.75, 3.05) is 6.61 Å². The highest BCUT2D eigenvalue weighted by molar-refractivity contribution is 5.91. The van der Waals surface area contributed by atoms with E-state index in [0.717, 1.165) is 19.4 Å². The summed E-state index contributed by atoms with van der Waals surface area (Å²) in [6.07, 6.45) is 2.27. The van der Waals surface area contributed by atoms with Crippen LogP contribution in [0.2, 0.25) is 0 Å². The van der Waals surface area contributed by atoms with Gasteiger partial charge in [-0.1, -0.05) is 71.2 Å². The number of cyclic esters (lactones) is 1. The Morgan fingerprint density at radius 3 is 1.56 bits per heavy atom. The van der Waals surface area contributed by atoms with Crippen LogP contribution in [-0.2, 0) is 23.9 Å². The lowest BCUT2D eigenvalue weighted by Gasteiger charge is -2.20. The van der Waals surface area contributed by atoms with E-state index in [0.29, 0.717) is 12.8 Å². The van der Waals surface area contributed by atoms with Crippen LogP contribution in [0.15, 0.2) is 0 Å². The first kappa shape index (κ1) is 33.4. The fraction of sp³-hybridized carbons (Fsp3) is 0.864. The summed E-state index contributed by atoms with van der Waals surface area (Å²) in [4.78, 5) is 33.8. The predicted molar refractivity (Wildman–Crippen MR) is 114 cm³/mol. The molecule has 2 heterocycles. The zero-order chi connectivity index (χ0) is 17.8. The maximum Gasteiger partial charge on any atom is 0.306 e. The highest BCUT2D eigenvalue weighted by atomic mass is 16.6. The van der Waals surface area contributed by atoms with Crippen LogP contribution < -0.4 is 0 Å². The molecule has 2 aliphatic rings. The summed E-state index contributed by atoms with van der Waals surface area (Å²) < 4.78 is 10.2. The third-order valence-corrected chi connectivity index (χ3v) is 3.88. The van der Waals surface area contributed by atoms with Gasteiger partial charge < -0.3 is 9.47 Å². The summed E-state index contributed by atoms with van der Waals surface area (Å²) >= 11 is 0. The zero-order valence-electron chi connectivity index (χ0n) is 15.2. The molecule has 0 amide bonds. The molecule has 0 spiro atoms. The molecule has 2 aliphatic heterocycles. The Morgan fingerprint density at radius 1 is 0.815 bits per heavy atom. The van der Waals surface area contributed by atoms with Crippen LogP contribution >= 0.6 is 0 Å². The predicted octanol–water partition coefficient (Wildman–Crippen LogP) is 5.63. The molecule has 2 atom stereocenters. The van der Waals surface area contributed by atoms with Gasteiger partial charge >= 0.3 is 5.97 Å². The molecule has 0 bridgehead atoms. The van der Waals surface area contributed by atoms with Gasteiger partial charge in [0.05, 0.1) is 0 Å². The van der Waals surface area contributed by atoms with Gasteiger partial charge in [-0.05, 0) is 12.8 Å². The van der Waals surface area contributed by atoms with Gasteiger partial charge in [0, 0.05) is 30.3 Å². The lowest BCUT2D eigenvalue weighted by Crippen LogP contribution is -2.32. The molecular formula is C22H46O5. The second-order valence-corrected chi connectivity index (χ2v) is 8.25. The number of ether oxygens (including phenoxy) is 2. The molecule has 5 heteroatoms. The first-order chi connectivity index (χ1) is 10.4. The van der Waals surface area contributed by atoms with E-state index in [2.05, 4.69) is 0 Å². The van der Waals surface area contributed by atoms with Crippen LogP contribution in [0.5, 0.6) is 0 Å². The average molecular weight is 391 g/mol. The van der Waals surface area contributed by atoms with Gasteiger partial charge in [-0.2, -0.15) is 0 Å². The van der Waals surface area contributed by atoms with E-state index in [1.54, 1.807) is 0 Å². The van der Waals surface area contributed by atoms with Crippen molar-refractivity contribution in [1.82, 2.24) is 0 Å². The van der Waals surface area contributed by atoms with Gasteiger partial charge in [-0.25, -0.2) is 0 Å². The Hall–Kier alpha value is -1.23. The van der Waals surface area contributed by atoms with Gasteiger partial charge in [0.1, 0.15) is 6.10 Å². The molecular weight excluding hydrogens is 344 g/mol. The Labute approximate surface area is 168 Å². The number of hydrogen-bond donors (Lipinski definition) is 0. The highest BCUT2D eigenvalue weighted by Gasteiger charge is 2.36. The van der Waals surface area contributed by atoms with Crippen molar-refractivity contribution in [3.8, 4) is 0 Å². The second kappa shape index (κ2) is 13.0. The Bertz CT molecular complexity index is 448. The van der Waals surface area contributed by atoms with Gasteiger partial charge in [0.15, 0.2) is 17.7 Å². The van der Waals surface area contributed by atoms with Crippen LogP contribution in [0.4, 0.5) is 0 Å². The van der Waals surface area contributed by atoms with Crippen molar-refractivity contribution in [2.24, 2.45) is 10.8 Å². The summed E-state index contributed by atoms with van der Waals surface area (Å²) in [5.74, 6) is 0.0148. The largest absolute Gasteiger partial charge is 0.454 e. The number of ketones is 2. The first-order valence-electron chi connectivity index (χ1n) is 8.32. The molecule has 0 saturated carbocycles. The normalized spacial score (nSPS) is 21.0. The van der Waals surface area contributed by atoms with Crippen LogP contribution in [0, 0.1) is 10.8 Å². The summed E-state index contributed by atoms with van der Waals surface area (Å²) in [6.45, 7) is 12.1. The van der Waals surface area contributed by atoms with Crippen molar-refractivity contribution >= 4 is 17.5 Å². The lowest BCUT2D eigenvalue weighted by molar-refractivity contribution is -0.150. The molecule has 0 aromatic heterocycles. The SMILES string of the molecule is C.C.C.C.CC(C)(C)C(=O)[C@H]1CCC(=O)O1.CC(C)(C)C(=O)[C@H]1CCCO1. The van der Waals surface area contributed by atoms with E-state index in [1.165, 1.54) is 0 Å². The Balaban J connectivity index is -0.000000171. The minimum absolute atomic E-state index is 0. The van der Waals surface area contributed by atoms with E-state index >= 15 is 0 Å². The molecule has 164 valence electrons. The Morgan fingerprint density at radius 2 is 1.26 bits per heavy atom. The van der Waals surface area contributed by atoms with Crippen LogP contribution in [0.25, 0.3) is 0 Å². The fourth-order valence-corrected chi connectivity index (χ4v) is 2.46. The maximum absolute atomic E-state index is 11.5. The third-order valence-electron chi connectivity index (χ3n) is 3.88. The van der Waals surface area contributed by atoms with Gasteiger partial charge in [-0.3, -0.25) is 14.4 Å². The van der Waals surface area contributed by atoms with Gasteiger partial charge in [-0.15, -0.1) is 0 Å². The summed E-state index contributed by atoms with van der Waals surface area (Å²) in [5, 5.41) is 0. The molecule has 5 nitrogen and oxygen atoms in total. The number of Topliss-reactive ketones (excluding diaryl/α,β-unsaturated/α-hetero) is 2. The van der Waals surface area contributed by atoms with E-state index in [9.17, 15) is 14.4 Å². The van der Waals surface area contributed by atoms with E-state index in [1.807, 2.05) is 41.5 Å². The maximum atomic E-state index is 11.5. The molecule has 0 N–H and O–H groups in total. The number of carbonyl (C=O) groups excluding carboxylic acids is 3. The van der Waals surface area contributed by atoms with Gasteiger partial charge in [0.25, 0.3) is 0 Å². The number of hydrogen-bond acceptors (Lipinski definition) is 5. The molecule has 0 aromatic rings. The van der Waals surface area contributed by atoms with Crippen molar-refractivity contribution in [1.29, 1.82) is 0 Å². The first-order valence-corrected chi connectivity index (χ1v) is 8.32. The van der Waals surface area contributed by atoms with Crippen LogP contribution in [0.3, 0.4) is 0 Å². The minimum Gasteiger partial charge on any atom is -0.454 e. The van der Waals surface area contributed by atoms with Crippen molar-refractivity contribution < 1.29 is 23.9 Å². The average Bonchev–Trinajstić information content (AvgIpc) is 3.06. The quantitative estimate of drug-likeness (QED) is 0.571. The summed E-state index contributed by atoms with van der Waals surface area (Å²) in [7, 11) is 0. The van der Waals surface area contributed by atoms with E-state index < -0.39 is 11.5 Å². The summed E-state index contributed by atoms with van der Waals surface area (Å²) in [6, 6.07) is 0. The molecule has 2 rings (SSSR count). The second-order valence-electron chi connectivity index (χ2n) is 8.25. The number of rotatable bonds is 2. The Kier molecular flexibility index (Phi) is 16.1. The topological polar surface area (TPSA) is 69.7 Å². The molecule has 2 saturated heterocycles. The summed E-state index contributed by atoms with van der Waals surface area (Å²) in [5.41, 5.74) is -0.649. The smallest absolute Gasteiger partial charge is 0.306 e. The molecule has 0 aliphatic carbocycles. The molecule has 0 unspecified atom stereocenters. The van der Waals surface area contributed by atoms with Crippen LogP contribution in [0.1, 0.15) is 96.9 Å². The van der Waals surface area contributed by atoms with E-state index in [4.69, 9.17) is 9.47 Å². The molecule has 2 fully saturated rings. The highest BCUT2D eigenvalue weighted by Crippen LogP contribution is 2.25. The standard InChI is InChI=1S/C9H14O3.C9H16O2.4CH4/c1-9(2,3)8(11)6-4-5-7(10)12-6;1-9(2,3)8(10)7-5-4-6-11-7;;;;/h6H,4-5H2,1-3H3;7H,4-6H2,1-3H3;4*1H4/t6-;7-;;;;/m11..../s1.